The van der Waals surface area contributed by atoms with Crippen LogP contribution in [0.15, 0.2) is 48.8 Å². The van der Waals surface area contributed by atoms with E-state index in [1.807, 2.05) is 44.1 Å². The van der Waals surface area contributed by atoms with E-state index in [0.717, 1.165) is 11.3 Å². The molecule has 190 valence electrons. The molecule has 2 aliphatic rings. The summed E-state index contributed by atoms with van der Waals surface area (Å²) in [6.07, 6.45) is 5.16. The number of fused-ring (bicyclic) bond motifs is 1. The highest BCUT2D eigenvalue weighted by atomic mass is 16.2. The van der Waals surface area contributed by atoms with Gasteiger partial charge >= 0.3 is 0 Å². The topological polar surface area (TPSA) is 103 Å². The molecular formula is C27H33N5O4. The van der Waals surface area contributed by atoms with Gasteiger partial charge in [0.1, 0.15) is 12.1 Å². The molecule has 3 heterocycles. The fourth-order valence-electron chi connectivity index (χ4n) is 5.07. The third-order valence-electron chi connectivity index (χ3n) is 6.93. The monoisotopic (exact) mass is 491 g/mol. The molecule has 0 saturated carbocycles. The highest BCUT2D eigenvalue weighted by Gasteiger charge is 2.52. The molecule has 2 fully saturated rings. The van der Waals surface area contributed by atoms with Gasteiger partial charge in [0.2, 0.25) is 11.8 Å². The maximum atomic E-state index is 13.5. The van der Waals surface area contributed by atoms with Crippen molar-refractivity contribution in [3.8, 4) is 0 Å². The van der Waals surface area contributed by atoms with Crippen molar-refractivity contribution in [3.63, 3.8) is 0 Å². The van der Waals surface area contributed by atoms with Gasteiger partial charge in [-0.25, -0.2) is 0 Å². The van der Waals surface area contributed by atoms with Crippen molar-refractivity contribution in [1.29, 1.82) is 0 Å². The van der Waals surface area contributed by atoms with E-state index in [1.54, 1.807) is 40.4 Å². The zero-order chi connectivity index (χ0) is 25.8. The molecule has 1 N–H and O–H groups in total. The Labute approximate surface area is 211 Å². The number of hydrogen-bond acceptors (Lipinski definition) is 6. The highest BCUT2D eigenvalue weighted by Crippen LogP contribution is 2.31. The summed E-state index contributed by atoms with van der Waals surface area (Å²) in [5.41, 5.74) is 2.23. The number of likely N-dealkylation sites (tertiary alicyclic amines) is 2. The summed E-state index contributed by atoms with van der Waals surface area (Å²) in [6, 6.07) is 9.05. The number of carbonyl (C=O) groups is 4. The Morgan fingerprint density at radius 3 is 2.53 bits per heavy atom. The molecule has 0 spiro atoms. The van der Waals surface area contributed by atoms with Crippen LogP contribution < -0.4 is 10.2 Å². The third-order valence-corrected chi connectivity index (χ3v) is 6.93. The highest BCUT2D eigenvalue weighted by molar-refractivity contribution is 6.01. The fourth-order valence-corrected chi connectivity index (χ4v) is 5.07. The maximum absolute atomic E-state index is 13.5. The van der Waals surface area contributed by atoms with Crippen molar-refractivity contribution in [2.24, 2.45) is 0 Å². The lowest BCUT2D eigenvalue weighted by atomic mass is 10.1. The molecule has 0 aliphatic carbocycles. The first-order valence-corrected chi connectivity index (χ1v) is 12.4. The van der Waals surface area contributed by atoms with Gasteiger partial charge in [-0.1, -0.05) is 19.4 Å². The van der Waals surface area contributed by atoms with Crippen molar-refractivity contribution in [3.05, 3.63) is 59.9 Å². The number of carbonyl (C=O) groups excluding carboxylic acids is 4. The SMILES string of the molecule is CCCC(NC(=O)c1ccc(N(C)C)cc1)C(=O)N1CCC2C1C(=O)CN2C(=O)Cc1cccnc1. The molecule has 9 nitrogen and oxygen atoms in total. The first-order chi connectivity index (χ1) is 17.3. The summed E-state index contributed by atoms with van der Waals surface area (Å²) in [6.45, 7) is 2.33. The third kappa shape index (κ3) is 5.24. The first kappa shape index (κ1) is 25.3. The summed E-state index contributed by atoms with van der Waals surface area (Å²) in [7, 11) is 3.85. The molecule has 0 radical (unpaired) electrons. The zero-order valence-electron chi connectivity index (χ0n) is 21.0. The molecule has 3 unspecified atom stereocenters. The Kier molecular flexibility index (Phi) is 7.67. The number of ketones is 1. The number of rotatable bonds is 8. The van der Waals surface area contributed by atoms with Crippen LogP contribution in [0, 0.1) is 0 Å². The van der Waals surface area contributed by atoms with Crippen LogP contribution in [0.3, 0.4) is 0 Å². The van der Waals surface area contributed by atoms with Crippen LogP contribution in [0.25, 0.3) is 0 Å². The average molecular weight is 492 g/mol. The lowest BCUT2D eigenvalue weighted by Gasteiger charge is -2.28. The van der Waals surface area contributed by atoms with Gasteiger partial charge in [-0.15, -0.1) is 0 Å². The van der Waals surface area contributed by atoms with Gasteiger partial charge in [0.05, 0.1) is 19.0 Å². The second kappa shape index (κ2) is 10.9. The number of benzene rings is 1. The van der Waals surface area contributed by atoms with Gasteiger partial charge in [0.25, 0.3) is 5.91 Å². The quantitative estimate of drug-likeness (QED) is 0.603. The second-order valence-corrected chi connectivity index (χ2v) is 9.61. The van der Waals surface area contributed by atoms with Crippen molar-refractivity contribution in [2.45, 2.75) is 50.7 Å². The molecule has 3 amide bonds. The van der Waals surface area contributed by atoms with E-state index >= 15 is 0 Å². The predicted octanol–water partition coefficient (Wildman–Crippen LogP) is 1.67. The van der Waals surface area contributed by atoms with E-state index < -0.39 is 12.1 Å². The number of amides is 3. The van der Waals surface area contributed by atoms with E-state index in [0.29, 0.717) is 31.4 Å². The van der Waals surface area contributed by atoms with E-state index in [9.17, 15) is 19.2 Å². The minimum Gasteiger partial charge on any atom is -0.378 e. The number of hydrogen-bond donors (Lipinski definition) is 1. The lowest BCUT2D eigenvalue weighted by molar-refractivity contribution is -0.138. The van der Waals surface area contributed by atoms with Crippen LogP contribution in [0.5, 0.6) is 0 Å². The molecular weight excluding hydrogens is 458 g/mol. The maximum Gasteiger partial charge on any atom is 0.251 e. The number of Topliss-reactive ketones (excluding diaryl/α,β-unsaturated/α-hetero) is 1. The van der Waals surface area contributed by atoms with Gasteiger partial charge in [-0.3, -0.25) is 24.2 Å². The molecule has 1 aromatic heterocycles. The van der Waals surface area contributed by atoms with Crippen molar-refractivity contribution >= 4 is 29.2 Å². The van der Waals surface area contributed by atoms with Crippen LogP contribution in [-0.2, 0) is 20.8 Å². The molecule has 2 saturated heterocycles. The first-order valence-electron chi connectivity index (χ1n) is 12.4. The van der Waals surface area contributed by atoms with E-state index in [1.165, 1.54) is 0 Å². The Morgan fingerprint density at radius 2 is 1.89 bits per heavy atom. The van der Waals surface area contributed by atoms with Crippen LogP contribution >= 0.6 is 0 Å². The Hall–Kier alpha value is -3.75. The molecule has 1 aromatic carbocycles. The standard InChI is InChI=1S/C27H33N5O4/c1-4-6-21(29-26(35)19-8-10-20(11-9-19)30(2)3)27(36)31-14-12-22-25(31)23(33)17-32(22)24(34)15-18-7-5-13-28-16-18/h5,7-11,13,16,21-22,25H,4,6,12,14-15,17H2,1-3H3,(H,29,35). The van der Waals surface area contributed by atoms with Gasteiger partial charge in [-0.05, 0) is 48.7 Å². The average Bonchev–Trinajstić information content (AvgIpc) is 3.45. The minimum atomic E-state index is -0.734. The Morgan fingerprint density at radius 1 is 1.14 bits per heavy atom. The van der Waals surface area contributed by atoms with Crippen molar-refractivity contribution < 1.29 is 19.2 Å². The van der Waals surface area contributed by atoms with Gasteiger partial charge < -0.3 is 20.0 Å². The number of nitrogens with zero attached hydrogens (tertiary/aromatic N) is 4. The molecule has 2 aliphatic heterocycles. The fraction of sp³-hybridized carbons (Fsp3) is 0.444. The normalized spacial score (nSPS) is 19.7. The number of aromatic nitrogens is 1. The summed E-state index contributed by atoms with van der Waals surface area (Å²) < 4.78 is 0. The second-order valence-electron chi connectivity index (χ2n) is 9.61. The van der Waals surface area contributed by atoms with Gasteiger partial charge in [0.15, 0.2) is 5.78 Å². The summed E-state index contributed by atoms with van der Waals surface area (Å²) in [5, 5.41) is 2.88. The largest absolute Gasteiger partial charge is 0.378 e. The lowest BCUT2D eigenvalue weighted by Crippen LogP contribution is -2.52. The summed E-state index contributed by atoms with van der Waals surface area (Å²) in [5.74, 6) is -0.865. The number of anilines is 1. The van der Waals surface area contributed by atoms with Crippen molar-refractivity contribution in [1.82, 2.24) is 20.1 Å². The van der Waals surface area contributed by atoms with Crippen LogP contribution in [0.1, 0.15) is 42.1 Å². The molecule has 4 rings (SSSR count). The van der Waals surface area contributed by atoms with Crippen LogP contribution in [0.2, 0.25) is 0 Å². The molecule has 36 heavy (non-hydrogen) atoms. The Bertz CT molecular complexity index is 1120. The van der Waals surface area contributed by atoms with E-state index in [4.69, 9.17) is 0 Å². The molecule has 0 bridgehead atoms. The molecule has 3 atom stereocenters. The van der Waals surface area contributed by atoms with Gasteiger partial charge in [-0.2, -0.15) is 0 Å². The zero-order valence-corrected chi connectivity index (χ0v) is 21.0. The van der Waals surface area contributed by atoms with E-state index in [2.05, 4.69) is 10.3 Å². The Balaban J connectivity index is 1.44. The predicted molar refractivity (Wildman–Crippen MR) is 135 cm³/mol. The van der Waals surface area contributed by atoms with Crippen molar-refractivity contribution in [2.75, 3.05) is 32.1 Å². The summed E-state index contributed by atoms with van der Waals surface area (Å²) in [4.78, 5) is 61.5. The van der Waals surface area contributed by atoms with E-state index in [-0.39, 0.29) is 42.5 Å². The van der Waals surface area contributed by atoms with Crippen LogP contribution in [-0.4, -0.2) is 83.6 Å². The molecule has 9 heteroatoms. The van der Waals surface area contributed by atoms with Crippen LogP contribution in [0.4, 0.5) is 5.69 Å². The minimum absolute atomic E-state index is 0.00123. The smallest absolute Gasteiger partial charge is 0.251 e. The number of pyridine rings is 1. The number of nitrogens with one attached hydrogen (secondary N) is 1. The molecule has 2 aromatic rings. The van der Waals surface area contributed by atoms with Gasteiger partial charge in [0, 0.05) is 44.3 Å². The summed E-state index contributed by atoms with van der Waals surface area (Å²) >= 11 is 0.